The number of guanidine groups is 1. The van der Waals surface area contributed by atoms with Crippen LogP contribution in [-0.2, 0) is 6.42 Å². The molecule has 124 valence electrons. The molecule has 3 N–H and O–H groups in total. The summed E-state index contributed by atoms with van der Waals surface area (Å²) in [6.45, 7) is 4.71. The lowest BCUT2D eigenvalue weighted by atomic mass is 10.1. The molecule has 0 heterocycles. The summed E-state index contributed by atoms with van der Waals surface area (Å²) in [6.07, 6.45) is 2.37. The predicted molar refractivity (Wildman–Crippen MR) is 99.9 cm³/mol. The molecule has 0 radical (unpaired) electrons. The van der Waals surface area contributed by atoms with Crippen LogP contribution in [0.4, 0.5) is 0 Å². The van der Waals surface area contributed by atoms with Crippen molar-refractivity contribution >= 4 is 29.9 Å². The number of rotatable bonds is 8. The SMILES string of the molecule is C=CCNC(N)=NCCc1c(OC)cc(OC)cc1OC.I. The number of hydrogen-bond acceptors (Lipinski definition) is 4. The van der Waals surface area contributed by atoms with Crippen molar-refractivity contribution in [3.63, 3.8) is 0 Å². The Morgan fingerprint density at radius 1 is 1.23 bits per heavy atom. The van der Waals surface area contributed by atoms with E-state index in [0.717, 1.165) is 5.56 Å². The highest BCUT2D eigenvalue weighted by Crippen LogP contribution is 2.34. The molecule has 0 spiro atoms. The van der Waals surface area contributed by atoms with Crippen molar-refractivity contribution in [3.8, 4) is 17.2 Å². The molecule has 0 aromatic heterocycles. The van der Waals surface area contributed by atoms with Crippen LogP contribution in [0.5, 0.6) is 17.2 Å². The van der Waals surface area contributed by atoms with Gasteiger partial charge in [-0.25, -0.2) is 0 Å². The maximum absolute atomic E-state index is 5.72. The van der Waals surface area contributed by atoms with E-state index in [1.807, 2.05) is 12.1 Å². The first kappa shape index (κ1) is 20.4. The zero-order valence-corrected chi connectivity index (χ0v) is 15.5. The standard InChI is InChI=1S/C15H23N3O3.HI/c1-5-7-17-15(16)18-8-6-12-13(20-3)9-11(19-2)10-14(12)21-4;/h5,9-10H,1,6-8H2,2-4H3,(H3,16,17,18);1H. The van der Waals surface area contributed by atoms with Crippen LogP contribution in [0.25, 0.3) is 0 Å². The van der Waals surface area contributed by atoms with Crippen LogP contribution in [0.3, 0.4) is 0 Å². The molecular formula is C15H24IN3O3. The molecule has 6 nitrogen and oxygen atoms in total. The molecule has 7 heteroatoms. The lowest BCUT2D eigenvalue weighted by Gasteiger charge is -2.14. The van der Waals surface area contributed by atoms with Gasteiger partial charge >= 0.3 is 0 Å². The summed E-state index contributed by atoms with van der Waals surface area (Å²) in [7, 11) is 4.83. The van der Waals surface area contributed by atoms with Gasteiger partial charge in [0.2, 0.25) is 0 Å². The highest BCUT2D eigenvalue weighted by molar-refractivity contribution is 14.0. The number of nitrogens with zero attached hydrogens (tertiary/aromatic N) is 1. The van der Waals surface area contributed by atoms with E-state index in [-0.39, 0.29) is 24.0 Å². The molecule has 1 aromatic rings. The molecule has 0 amide bonds. The van der Waals surface area contributed by atoms with Gasteiger partial charge in [-0.15, -0.1) is 30.6 Å². The van der Waals surface area contributed by atoms with Gasteiger partial charge in [-0.05, 0) is 6.42 Å². The second kappa shape index (κ2) is 11.0. The number of methoxy groups -OCH3 is 3. The minimum absolute atomic E-state index is 0. The Morgan fingerprint density at radius 3 is 2.27 bits per heavy atom. The Morgan fingerprint density at radius 2 is 1.82 bits per heavy atom. The fourth-order valence-electron chi connectivity index (χ4n) is 1.85. The topological polar surface area (TPSA) is 78.1 Å². The van der Waals surface area contributed by atoms with Crippen LogP contribution < -0.4 is 25.3 Å². The first-order valence-corrected chi connectivity index (χ1v) is 6.59. The van der Waals surface area contributed by atoms with E-state index < -0.39 is 0 Å². The van der Waals surface area contributed by atoms with Crippen molar-refractivity contribution in [3.05, 3.63) is 30.4 Å². The Kier molecular flexibility index (Phi) is 10.2. The van der Waals surface area contributed by atoms with Gasteiger partial charge in [0.15, 0.2) is 5.96 Å². The summed E-state index contributed by atoms with van der Waals surface area (Å²) < 4.78 is 16.0. The highest BCUT2D eigenvalue weighted by atomic mass is 127. The van der Waals surface area contributed by atoms with Crippen LogP contribution in [0.2, 0.25) is 0 Å². The van der Waals surface area contributed by atoms with E-state index in [9.17, 15) is 0 Å². The van der Waals surface area contributed by atoms with Gasteiger partial charge in [-0.1, -0.05) is 6.08 Å². The average molecular weight is 421 g/mol. The Bertz CT molecular complexity index is 482. The van der Waals surface area contributed by atoms with Crippen LogP contribution in [-0.4, -0.2) is 40.4 Å². The molecule has 0 aliphatic rings. The zero-order chi connectivity index (χ0) is 15.7. The molecule has 0 saturated heterocycles. The summed E-state index contributed by atoms with van der Waals surface area (Å²) in [5, 5.41) is 2.92. The number of aliphatic imine (C=N–C) groups is 1. The van der Waals surface area contributed by atoms with Gasteiger partial charge in [-0.3, -0.25) is 4.99 Å². The molecule has 0 saturated carbocycles. The number of hydrogen-bond donors (Lipinski definition) is 2. The van der Waals surface area contributed by atoms with Gasteiger partial charge in [0.05, 0.1) is 21.3 Å². The van der Waals surface area contributed by atoms with Gasteiger partial charge in [0, 0.05) is 30.8 Å². The lowest BCUT2D eigenvalue weighted by Crippen LogP contribution is -2.31. The average Bonchev–Trinajstić information content (AvgIpc) is 2.52. The Hall–Kier alpha value is -1.64. The molecular weight excluding hydrogens is 397 g/mol. The fraction of sp³-hybridized carbons (Fsp3) is 0.400. The molecule has 0 bridgehead atoms. The molecule has 22 heavy (non-hydrogen) atoms. The Balaban J connectivity index is 0.00000441. The number of nitrogens with two attached hydrogens (primary N) is 1. The first-order chi connectivity index (χ1) is 10.2. The predicted octanol–water partition coefficient (Wildman–Crippen LogP) is 1.96. The van der Waals surface area contributed by atoms with E-state index in [4.69, 9.17) is 19.9 Å². The molecule has 0 aliphatic heterocycles. The smallest absolute Gasteiger partial charge is 0.188 e. The van der Waals surface area contributed by atoms with Gasteiger partial charge < -0.3 is 25.3 Å². The third kappa shape index (κ3) is 6.00. The van der Waals surface area contributed by atoms with Crippen molar-refractivity contribution in [2.24, 2.45) is 10.7 Å². The normalized spacial score (nSPS) is 10.4. The maximum Gasteiger partial charge on any atom is 0.188 e. The largest absolute Gasteiger partial charge is 0.496 e. The molecule has 0 aliphatic carbocycles. The molecule has 0 atom stereocenters. The first-order valence-electron chi connectivity index (χ1n) is 6.59. The van der Waals surface area contributed by atoms with Crippen molar-refractivity contribution in [2.45, 2.75) is 6.42 Å². The molecule has 0 unspecified atom stereocenters. The van der Waals surface area contributed by atoms with Crippen LogP contribution >= 0.6 is 24.0 Å². The van der Waals surface area contributed by atoms with Crippen molar-refractivity contribution in [1.82, 2.24) is 5.32 Å². The van der Waals surface area contributed by atoms with Gasteiger partial charge in [0.1, 0.15) is 17.2 Å². The van der Waals surface area contributed by atoms with Crippen LogP contribution in [0, 0.1) is 0 Å². The summed E-state index contributed by atoms with van der Waals surface area (Å²) in [6, 6.07) is 3.64. The fourth-order valence-corrected chi connectivity index (χ4v) is 1.85. The second-order valence-electron chi connectivity index (χ2n) is 4.20. The summed E-state index contributed by atoms with van der Waals surface area (Å²) in [4.78, 5) is 4.24. The van der Waals surface area contributed by atoms with E-state index >= 15 is 0 Å². The maximum atomic E-state index is 5.72. The van der Waals surface area contributed by atoms with Gasteiger partial charge in [0.25, 0.3) is 0 Å². The van der Waals surface area contributed by atoms with E-state index in [1.165, 1.54) is 0 Å². The third-order valence-corrected chi connectivity index (χ3v) is 2.89. The lowest BCUT2D eigenvalue weighted by molar-refractivity contribution is 0.369. The summed E-state index contributed by atoms with van der Waals surface area (Å²) in [5.41, 5.74) is 6.65. The number of ether oxygens (including phenoxy) is 3. The highest BCUT2D eigenvalue weighted by Gasteiger charge is 2.12. The van der Waals surface area contributed by atoms with E-state index in [0.29, 0.717) is 42.7 Å². The number of halogens is 1. The van der Waals surface area contributed by atoms with Crippen molar-refractivity contribution < 1.29 is 14.2 Å². The number of benzene rings is 1. The van der Waals surface area contributed by atoms with Crippen LogP contribution in [0.1, 0.15) is 5.56 Å². The minimum Gasteiger partial charge on any atom is -0.496 e. The summed E-state index contributed by atoms with van der Waals surface area (Å²) >= 11 is 0. The van der Waals surface area contributed by atoms with Crippen molar-refractivity contribution in [1.29, 1.82) is 0 Å². The number of nitrogens with one attached hydrogen (secondary N) is 1. The zero-order valence-electron chi connectivity index (χ0n) is 13.2. The molecule has 0 fully saturated rings. The monoisotopic (exact) mass is 421 g/mol. The van der Waals surface area contributed by atoms with E-state index in [1.54, 1.807) is 27.4 Å². The van der Waals surface area contributed by atoms with Gasteiger partial charge in [-0.2, -0.15) is 0 Å². The summed E-state index contributed by atoms with van der Waals surface area (Å²) in [5.74, 6) is 2.49. The Labute approximate surface area is 148 Å². The second-order valence-corrected chi connectivity index (χ2v) is 4.20. The van der Waals surface area contributed by atoms with Crippen molar-refractivity contribution in [2.75, 3.05) is 34.4 Å². The molecule has 1 aromatic carbocycles. The van der Waals surface area contributed by atoms with E-state index in [2.05, 4.69) is 16.9 Å². The minimum atomic E-state index is 0. The quantitative estimate of drug-likeness (QED) is 0.291. The third-order valence-electron chi connectivity index (χ3n) is 2.89. The van der Waals surface area contributed by atoms with Crippen LogP contribution in [0.15, 0.2) is 29.8 Å². The molecule has 1 rings (SSSR count).